The highest BCUT2D eigenvalue weighted by atomic mass is 32.2. The molecule has 0 saturated heterocycles. The first-order valence-electron chi connectivity index (χ1n) is 9.36. The van der Waals surface area contributed by atoms with Crippen LogP contribution < -0.4 is 5.73 Å². The fourth-order valence-electron chi connectivity index (χ4n) is 3.24. The number of aromatic nitrogens is 2. The Balaban J connectivity index is 2.13. The molecule has 1 aromatic carbocycles. The van der Waals surface area contributed by atoms with Crippen LogP contribution in [0.4, 0.5) is 17.6 Å². The molecule has 0 saturated carbocycles. The van der Waals surface area contributed by atoms with E-state index in [9.17, 15) is 30.8 Å². The quantitative estimate of drug-likeness (QED) is 0.540. The van der Waals surface area contributed by atoms with E-state index in [0.29, 0.717) is 5.69 Å². The smallest absolute Gasteiger partial charge is 0.386 e. The van der Waals surface area contributed by atoms with Gasteiger partial charge in [0.25, 0.3) is 0 Å². The molecule has 2 heterocycles. The van der Waals surface area contributed by atoms with Gasteiger partial charge in [0, 0.05) is 18.2 Å². The van der Waals surface area contributed by atoms with Crippen molar-refractivity contribution in [3.05, 3.63) is 58.9 Å². The van der Waals surface area contributed by atoms with Crippen LogP contribution in [0, 0.1) is 12.7 Å². The molecule has 0 aliphatic carbocycles. The number of nitrogens with two attached hydrogens (primary N) is 1. The number of ketones is 1. The molecule has 172 valence electrons. The lowest BCUT2D eigenvalue weighted by Crippen LogP contribution is -2.60. The number of carbonyl (C=O) groups excluding carboxylic acids is 1. The maximum atomic E-state index is 14.7. The first kappa shape index (κ1) is 23.8. The summed E-state index contributed by atoms with van der Waals surface area (Å²) in [6.07, 6.45) is -3.11. The molecule has 12 heteroatoms. The van der Waals surface area contributed by atoms with Crippen molar-refractivity contribution < 1.29 is 30.8 Å². The van der Waals surface area contributed by atoms with Crippen molar-refractivity contribution in [3.63, 3.8) is 0 Å². The van der Waals surface area contributed by atoms with Crippen LogP contribution >= 0.6 is 0 Å². The average molecular weight is 472 g/mol. The predicted octanol–water partition coefficient (Wildman–Crippen LogP) is 2.67. The van der Waals surface area contributed by atoms with Gasteiger partial charge in [-0.1, -0.05) is 6.07 Å². The third-order valence-corrected chi connectivity index (χ3v) is 8.04. The van der Waals surface area contributed by atoms with E-state index in [1.807, 2.05) is 0 Å². The summed E-state index contributed by atoms with van der Waals surface area (Å²) in [5.74, 6) is -4.18. The zero-order valence-corrected chi connectivity index (χ0v) is 18.2. The maximum Gasteiger partial charge on any atom is 0.418 e. The molecule has 3 rings (SSSR count). The van der Waals surface area contributed by atoms with E-state index in [4.69, 9.17) is 5.73 Å². The molecule has 0 radical (unpaired) electrons. The Morgan fingerprint density at radius 3 is 2.38 bits per heavy atom. The minimum absolute atomic E-state index is 0.0173. The van der Waals surface area contributed by atoms with E-state index in [1.165, 1.54) is 12.4 Å². The third-order valence-electron chi connectivity index (χ3n) is 5.48. The van der Waals surface area contributed by atoms with E-state index in [1.54, 1.807) is 6.92 Å². The molecule has 1 aliphatic heterocycles. The maximum absolute atomic E-state index is 14.7. The molecule has 0 amide bonds. The van der Waals surface area contributed by atoms with Crippen molar-refractivity contribution in [2.24, 2.45) is 10.7 Å². The number of alkyl halides is 3. The Labute approximate surface area is 181 Å². The third kappa shape index (κ3) is 3.87. The first-order chi connectivity index (χ1) is 14.6. The number of Topliss-reactive ketones (excluding diaryl/α,β-unsaturated/α-hetero) is 1. The number of aliphatic imine (C=N–C) groups is 1. The van der Waals surface area contributed by atoms with Crippen molar-refractivity contribution in [1.29, 1.82) is 0 Å². The standard InChI is InChI=1S/C20H20F4N4O3S/c1-11-8-27-15(9-26-11)16(29)7-12-4-5-14(21)13(6-12)19(20(22,23)24)10-32(30,31)18(2,3)17(25)28-19/h4-6,8-9H,7,10H2,1-3H3,(H2,25,28)/t19-/m0/s1. The van der Waals surface area contributed by atoms with Crippen LogP contribution in [0.1, 0.15) is 41.2 Å². The van der Waals surface area contributed by atoms with Crippen LogP contribution in [0.3, 0.4) is 0 Å². The van der Waals surface area contributed by atoms with Gasteiger partial charge >= 0.3 is 6.18 Å². The van der Waals surface area contributed by atoms with Crippen LogP contribution in [-0.2, 0) is 21.8 Å². The second-order valence-electron chi connectivity index (χ2n) is 8.08. The number of benzene rings is 1. The van der Waals surface area contributed by atoms with Gasteiger partial charge in [0.15, 0.2) is 21.2 Å². The normalized spacial score (nSPS) is 22.3. The number of hydrogen-bond acceptors (Lipinski definition) is 7. The number of nitrogens with zero attached hydrogens (tertiary/aromatic N) is 3. The van der Waals surface area contributed by atoms with E-state index >= 15 is 0 Å². The highest BCUT2D eigenvalue weighted by molar-refractivity contribution is 7.93. The Kier molecular flexibility index (Phi) is 5.65. The zero-order valence-electron chi connectivity index (χ0n) is 17.4. The minimum Gasteiger partial charge on any atom is -0.386 e. The lowest BCUT2D eigenvalue weighted by Gasteiger charge is -2.40. The van der Waals surface area contributed by atoms with Gasteiger partial charge in [0.05, 0.1) is 17.6 Å². The van der Waals surface area contributed by atoms with Gasteiger partial charge in [-0.2, -0.15) is 13.2 Å². The van der Waals surface area contributed by atoms with E-state index in [-0.39, 0.29) is 11.3 Å². The molecule has 2 N–H and O–H groups in total. The molecule has 0 bridgehead atoms. The summed E-state index contributed by atoms with van der Waals surface area (Å²) in [5.41, 5.74) is 1.74. The van der Waals surface area contributed by atoms with Gasteiger partial charge in [-0.05, 0) is 38.5 Å². The number of amidine groups is 1. The van der Waals surface area contributed by atoms with Gasteiger partial charge < -0.3 is 5.73 Å². The van der Waals surface area contributed by atoms with Gasteiger partial charge in [-0.25, -0.2) is 22.8 Å². The summed E-state index contributed by atoms with van der Waals surface area (Å²) < 4.78 is 81.0. The van der Waals surface area contributed by atoms with Gasteiger partial charge in [0.1, 0.15) is 22.1 Å². The summed E-state index contributed by atoms with van der Waals surface area (Å²) >= 11 is 0. The number of hydrogen-bond donors (Lipinski definition) is 1. The Hall–Kier alpha value is -2.89. The van der Waals surface area contributed by atoms with Crippen LogP contribution in [0.25, 0.3) is 0 Å². The molecule has 7 nitrogen and oxygen atoms in total. The number of sulfone groups is 1. The first-order valence-corrected chi connectivity index (χ1v) is 11.0. The molecule has 0 spiro atoms. The second-order valence-corrected chi connectivity index (χ2v) is 10.6. The largest absolute Gasteiger partial charge is 0.418 e. The molecule has 2 aromatic rings. The predicted molar refractivity (Wildman–Crippen MR) is 108 cm³/mol. The van der Waals surface area contributed by atoms with Crippen LogP contribution in [-0.4, -0.2) is 46.7 Å². The summed E-state index contributed by atoms with van der Waals surface area (Å²) in [6.45, 7) is 3.93. The molecule has 32 heavy (non-hydrogen) atoms. The summed E-state index contributed by atoms with van der Waals surface area (Å²) in [6, 6.07) is 2.67. The Morgan fingerprint density at radius 2 is 1.84 bits per heavy atom. The fourth-order valence-corrected chi connectivity index (χ4v) is 4.89. The van der Waals surface area contributed by atoms with Crippen LogP contribution in [0.5, 0.6) is 0 Å². The van der Waals surface area contributed by atoms with Crippen molar-refractivity contribution >= 4 is 21.5 Å². The highest BCUT2D eigenvalue weighted by Crippen LogP contribution is 2.48. The van der Waals surface area contributed by atoms with Crippen molar-refractivity contribution in [2.45, 2.75) is 43.7 Å². The summed E-state index contributed by atoms with van der Waals surface area (Å²) in [7, 11) is -4.48. The molecular weight excluding hydrogens is 452 g/mol. The zero-order chi connectivity index (χ0) is 24.1. The number of rotatable bonds is 4. The van der Waals surface area contributed by atoms with Gasteiger partial charge in [-0.15, -0.1) is 0 Å². The monoisotopic (exact) mass is 472 g/mol. The highest BCUT2D eigenvalue weighted by Gasteiger charge is 2.64. The van der Waals surface area contributed by atoms with Crippen molar-refractivity contribution in [3.8, 4) is 0 Å². The number of halogens is 4. The minimum atomic E-state index is -5.28. The van der Waals surface area contributed by atoms with E-state index < -0.39 is 61.5 Å². The van der Waals surface area contributed by atoms with E-state index in [0.717, 1.165) is 32.0 Å². The molecule has 0 unspecified atom stereocenters. The topological polar surface area (TPSA) is 115 Å². The van der Waals surface area contributed by atoms with Gasteiger partial charge in [0.2, 0.25) is 0 Å². The lowest BCUT2D eigenvalue weighted by atomic mass is 9.88. The second kappa shape index (κ2) is 7.61. The number of aryl methyl sites for hydroxylation is 1. The van der Waals surface area contributed by atoms with E-state index in [2.05, 4.69) is 15.0 Å². The van der Waals surface area contributed by atoms with Crippen molar-refractivity contribution in [1.82, 2.24) is 9.97 Å². The Morgan fingerprint density at radius 1 is 1.19 bits per heavy atom. The fraction of sp³-hybridized carbons (Fsp3) is 0.400. The molecule has 0 fully saturated rings. The van der Waals surface area contributed by atoms with Crippen LogP contribution in [0.2, 0.25) is 0 Å². The summed E-state index contributed by atoms with van der Waals surface area (Å²) in [5, 5.41) is 0. The summed E-state index contributed by atoms with van der Waals surface area (Å²) in [4.78, 5) is 23.8. The molecule has 1 aliphatic rings. The molecular formula is C20H20F4N4O3S. The van der Waals surface area contributed by atoms with Crippen LogP contribution in [0.15, 0.2) is 35.6 Å². The molecule has 1 atom stereocenters. The average Bonchev–Trinajstić information content (AvgIpc) is 2.67. The van der Waals surface area contributed by atoms with Crippen molar-refractivity contribution in [2.75, 3.05) is 5.75 Å². The van der Waals surface area contributed by atoms with Gasteiger partial charge in [-0.3, -0.25) is 9.78 Å². The number of carbonyl (C=O) groups is 1. The lowest BCUT2D eigenvalue weighted by molar-refractivity contribution is -0.183. The Bertz CT molecular complexity index is 1210. The molecule has 1 aromatic heterocycles. The SMILES string of the molecule is Cc1cnc(C(=O)Cc2ccc(F)c([C@]3(C(F)(F)F)CS(=O)(=O)C(C)(C)C(N)=N3)c2)cn1.